The normalized spacial score (nSPS) is 16.5. The fourth-order valence-corrected chi connectivity index (χ4v) is 4.53. The van der Waals surface area contributed by atoms with Crippen LogP contribution in [0.4, 0.5) is 19.3 Å². The molecule has 0 aliphatic carbocycles. The van der Waals surface area contributed by atoms with Crippen LogP contribution in [-0.2, 0) is 9.59 Å². The molecule has 1 aromatic carbocycles. The molecule has 3 aromatic rings. The molecule has 3 atom stereocenters. The van der Waals surface area contributed by atoms with Gasteiger partial charge in [0, 0.05) is 43.9 Å². The maximum Gasteiger partial charge on any atom is 0.319 e. The van der Waals surface area contributed by atoms with Crippen LogP contribution in [0.25, 0.3) is 0 Å². The first-order chi connectivity index (χ1) is 21.1. The molecule has 0 bridgehead atoms. The van der Waals surface area contributed by atoms with Gasteiger partial charge in [0.25, 0.3) is 11.8 Å². The molecule has 0 spiro atoms. The van der Waals surface area contributed by atoms with Gasteiger partial charge in [0.15, 0.2) is 0 Å². The van der Waals surface area contributed by atoms with E-state index in [0.29, 0.717) is 6.07 Å². The van der Waals surface area contributed by atoms with E-state index in [0.717, 1.165) is 12.1 Å². The van der Waals surface area contributed by atoms with Crippen LogP contribution >= 0.6 is 0 Å². The van der Waals surface area contributed by atoms with E-state index in [4.69, 9.17) is 5.73 Å². The standard InChI is InChI=1S/C27H28F2N10O5/c28-15-3-4-17(16(29)12-15)37-27(44)38-18-5-11-39(26(43)21-14-32-8-10-34-21)22(18)25(42)36-19(23(30)40)2-1-6-35-24(41)20-13-31-7-9-33-20/h3-4,7-10,12-14,18-19,22H,1-2,5-6,11H2,(H2,30,40)(H,35,41)(H,36,42)(H2,37,38,44). The third-order valence-electron chi connectivity index (χ3n) is 6.62. The topological polar surface area (TPSA) is 214 Å². The van der Waals surface area contributed by atoms with Crippen molar-refractivity contribution >= 4 is 35.3 Å². The number of aromatic nitrogens is 4. The zero-order valence-electron chi connectivity index (χ0n) is 23.1. The van der Waals surface area contributed by atoms with Gasteiger partial charge in [0.1, 0.15) is 35.1 Å². The lowest BCUT2D eigenvalue weighted by atomic mass is 10.1. The molecule has 0 radical (unpaired) electrons. The molecule has 44 heavy (non-hydrogen) atoms. The van der Waals surface area contributed by atoms with E-state index in [-0.39, 0.29) is 49.4 Å². The minimum atomic E-state index is -1.33. The molecule has 15 nitrogen and oxygen atoms in total. The molecule has 6 amide bonds. The van der Waals surface area contributed by atoms with Crippen molar-refractivity contribution in [1.29, 1.82) is 0 Å². The van der Waals surface area contributed by atoms with Crippen LogP contribution in [0.5, 0.6) is 0 Å². The van der Waals surface area contributed by atoms with E-state index in [2.05, 4.69) is 41.2 Å². The average molecular weight is 611 g/mol. The fourth-order valence-electron chi connectivity index (χ4n) is 4.53. The van der Waals surface area contributed by atoms with Crippen molar-refractivity contribution in [2.75, 3.05) is 18.4 Å². The molecule has 17 heteroatoms. The first-order valence-corrected chi connectivity index (χ1v) is 13.4. The molecule has 1 aliphatic heterocycles. The summed E-state index contributed by atoms with van der Waals surface area (Å²) < 4.78 is 27.3. The molecule has 3 unspecified atom stereocenters. The number of anilines is 1. The molecule has 1 fully saturated rings. The first kappa shape index (κ1) is 31.3. The summed E-state index contributed by atoms with van der Waals surface area (Å²) in [6.07, 6.45) is 8.32. The zero-order chi connectivity index (χ0) is 31.6. The van der Waals surface area contributed by atoms with Crippen molar-refractivity contribution in [3.8, 4) is 0 Å². The Labute approximate surface area is 249 Å². The summed E-state index contributed by atoms with van der Waals surface area (Å²) in [7, 11) is 0. The van der Waals surface area contributed by atoms with Gasteiger partial charge in [0.05, 0.1) is 24.1 Å². The van der Waals surface area contributed by atoms with E-state index in [9.17, 15) is 32.8 Å². The van der Waals surface area contributed by atoms with E-state index in [1.807, 2.05) is 0 Å². The lowest BCUT2D eigenvalue weighted by Crippen LogP contribution is -2.58. The van der Waals surface area contributed by atoms with Crippen LogP contribution in [-0.4, -0.2) is 85.7 Å². The smallest absolute Gasteiger partial charge is 0.319 e. The third-order valence-corrected chi connectivity index (χ3v) is 6.62. The Hall–Kier alpha value is -5.61. The maximum absolute atomic E-state index is 14.1. The number of rotatable bonds is 11. The van der Waals surface area contributed by atoms with Crippen LogP contribution < -0.4 is 27.0 Å². The number of primary amides is 1. The number of nitrogens with zero attached hydrogens (tertiary/aromatic N) is 5. The molecule has 1 aliphatic rings. The first-order valence-electron chi connectivity index (χ1n) is 13.4. The highest BCUT2D eigenvalue weighted by atomic mass is 19.1. The summed E-state index contributed by atoms with van der Waals surface area (Å²) >= 11 is 0. The van der Waals surface area contributed by atoms with Crippen molar-refractivity contribution in [2.45, 2.75) is 37.4 Å². The number of benzene rings is 1. The molecule has 2 aromatic heterocycles. The maximum atomic E-state index is 14.1. The molecule has 3 heterocycles. The zero-order valence-corrected chi connectivity index (χ0v) is 23.1. The number of hydrogen-bond donors (Lipinski definition) is 5. The summed E-state index contributed by atoms with van der Waals surface area (Å²) in [6.45, 7) is 0.138. The third kappa shape index (κ3) is 8.02. The summed E-state index contributed by atoms with van der Waals surface area (Å²) in [5.74, 6) is -4.65. The fraction of sp³-hybridized carbons (Fsp3) is 0.296. The van der Waals surface area contributed by atoms with E-state index < -0.39 is 59.4 Å². The number of hydrogen-bond acceptors (Lipinski definition) is 9. The number of amides is 6. The highest BCUT2D eigenvalue weighted by Crippen LogP contribution is 2.22. The second kappa shape index (κ2) is 14.5. The lowest BCUT2D eigenvalue weighted by molar-refractivity contribution is -0.130. The number of carbonyl (C=O) groups is 5. The number of urea groups is 1. The summed E-state index contributed by atoms with van der Waals surface area (Å²) in [5.41, 5.74) is 5.26. The predicted molar refractivity (Wildman–Crippen MR) is 148 cm³/mol. The van der Waals surface area contributed by atoms with Gasteiger partial charge in [0.2, 0.25) is 11.8 Å². The molecule has 230 valence electrons. The Morgan fingerprint density at radius 3 is 2.34 bits per heavy atom. The minimum absolute atomic E-state index is 0.0129. The molecule has 4 rings (SSSR count). The number of halogens is 2. The Morgan fingerprint density at radius 2 is 1.70 bits per heavy atom. The number of nitrogens with two attached hydrogens (primary N) is 1. The van der Waals surface area contributed by atoms with Crippen molar-refractivity contribution in [3.05, 3.63) is 78.4 Å². The van der Waals surface area contributed by atoms with Crippen molar-refractivity contribution in [1.82, 2.24) is 40.8 Å². The van der Waals surface area contributed by atoms with Gasteiger partial charge in [-0.3, -0.25) is 29.1 Å². The monoisotopic (exact) mass is 610 g/mol. The van der Waals surface area contributed by atoms with E-state index >= 15 is 0 Å². The van der Waals surface area contributed by atoms with Gasteiger partial charge in [-0.05, 0) is 31.4 Å². The summed E-state index contributed by atoms with van der Waals surface area (Å²) in [6, 6.07) is -1.85. The summed E-state index contributed by atoms with van der Waals surface area (Å²) in [5, 5.41) is 9.95. The Morgan fingerprint density at radius 1 is 1.00 bits per heavy atom. The van der Waals surface area contributed by atoms with Crippen LogP contribution in [0, 0.1) is 11.6 Å². The van der Waals surface area contributed by atoms with E-state index in [1.54, 1.807) is 0 Å². The van der Waals surface area contributed by atoms with Crippen molar-refractivity contribution in [2.24, 2.45) is 5.73 Å². The van der Waals surface area contributed by atoms with Gasteiger partial charge >= 0.3 is 6.03 Å². The second-order valence-electron chi connectivity index (χ2n) is 9.60. The average Bonchev–Trinajstić information content (AvgIpc) is 3.43. The van der Waals surface area contributed by atoms with Crippen LogP contribution in [0.1, 0.15) is 40.2 Å². The minimum Gasteiger partial charge on any atom is -0.368 e. The van der Waals surface area contributed by atoms with Crippen LogP contribution in [0.3, 0.4) is 0 Å². The van der Waals surface area contributed by atoms with Crippen LogP contribution in [0.2, 0.25) is 0 Å². The Bertz CT molecular complexity index is 1520. The van der Waals surface area contributed by atoms with E-state index in [1.165, 1.54) is 42.1 Å². The molecular weight excluding hydrogens is 582 g/mol. The van der Waals surface area contributed by atoms with Gasteiger partial charge in [-0.2, -0.15) is 0 Å². The Balaban J connectivity index is 1.44. The number of carbonyl (C=O) groups excluding carboxylic acids is 5. The van der Waals surface area contributed by atoms with Gasteiger partial charge < -0.3 is 31.9 Å². The second-order valence-corrected chi connectivity index (χ2v) is 9.60. The highest BCUT2D eigenvalue weighted by molar-refractivity contribution is 5.98. The SMILES string of the molecule is NC(=O)C(CCCNC(=O)c1cnccn1)NC(=O)C1C(NC(=O)Nc2ccc(F)cc2F)CCN1C(=O)c1cnccn1. The summed E-state index contributed by atoms with van der Waals surface area (Å²) in [4.78, 5) is 80.7. The lowest BCUT2D eigenvalue weighted by Gasteiger charge is -2.29. The van der Waals surface area contributed by atoms with Crippen LogP contribution in [0.15, 0.2) is 55.4 Å². The number of likely N-dealkylation sites (tertiary alicyclic amines) is 1. The number of nitrogens with one attached hydrogen (secondary N) is 4. The quantitative estimate of drug-likeness (QED) is 0.186. The highest BCUT2D eigenvalue weighted by Gasteiger charge is 2.44. The van der Waals surface area contributed by atoms with Gasteiger partial charge in [-0.15, -0.1) is 0 Å². The molecule has 1 saturated heterocycles. The molecular formula is C27H28F2N10O5. The largest absolute Gasteiger partial charge is 0.368 e. The van der Waals surface area contributed by atoms with Gasteiger partial charge in [-0.1, -0.05) is 0 Å². The predicted octanol–water partition coefficient (Wildman–Crippen LogP) is 0.130. The van der Waals surface area contributed by atoms with Crippen molar-refractivity contribution < 1.29 is 32.8 Å². The molecule has 6 N–H and O–H groups in total. The van der Waals surface area contributed by atoms with Gasteiger partial charge in [-0.25, -0.2) is 23.5 Å². The Kier molecular flexibility index (Phi) is 10.3. The molecule has 0 saturated carbocycles. The van der Waals surface area contributed by atoms with Crippen molar-refractivity contribution in [3.63, 3.8) is 0 Å².